The Morgan fingerprint density at radius 1 is 1.10 bits per heavy atom. The van der Waals surface area contributed by atoms with E-state index in [9.17, 15) is 21.6 Å². The van der Waals surface area contributed by atoms with Crippen LogP contribution in [-0.4, -0.2) is 71.8 Å². The molecule has 12 heteroatoms. The molecule has 10 nitrogen and oxygen atoms in total. The molecule has 0 amide bonds. The highest BCUT2D eigenvalue weighted by Gasteiger charge is 2.27. The summed E-state index contributed by atoms with van der Waals surface area (Å²) in [5.74, 6) is -0.622. The summed E-state index contributed by atoms with van der Waals surface area (Å²) < 4.78 is 67.4. The zero-order valence-corrected chi connectivity index (χ0v) is 18.1. The molecule has 0 unspecified atom stereocenters. The molecule has 0 saturated carbocycles. The van der Waals surface area contributed by atoms with Gasteiger partial charge in [-0.15, -0.1) is 0 Å². The number of hydrogen-bond acceptors (Lipinski definition) is 8. The van der Waals surface area contributed by atoms with Crippen LogP contribution >= 0.6 is 0 Å². The van der Waals surface area contributed by atoms with Gasteiger partial charge in [-0.1, -0.05) is 6.07 Å². The minimum atomic E-state index is -3.75. The number of carbonyl (C=O) groups excluding carboxylic acids is 1. The van der Waals surface area contributed by atoms with Crippen LogP contribution in [-0.2, 0) is 36.1 Å². The maximum Gasteiger partial charge on any atom is 0.338 e. The van der Waals surface area contributed by atoms with E-state index in [1.54, 1.807) is 0 Å². The van der Waals surface area contributed by atoms with Crippen LogP contribution in [0.25, 0.3) is 0 Å². The summed E-state index contributed by atoms with van der Waals surface area (Å²) in [4.78, 5) is 12.3. The second kappa shape index (κ2) is 8.86. The molecule has 1 aromatic carbocycles. The molecule has 0 atom stereocenters. The van der Waals surface area contributed by atoms with Crippen molar-refractivity contribution in [1.82, 2.24) is 8.61 Å². The molecule has 1 aromatic heterocycles. The molecule has 1 aliphatic rings. The molecule has 2 heterocycles. The number of nitrogens with zero attached hydrogens (tertiary/aromatic N) is 2. The third kappa shape index (κ3) is 4.73. The molecular formula is C18H22N2O8S2. The van der Waals surface area contributed by atoms with Gasteiger partial charge in [0.2, 0.25) is 15.1 Å². The van der Waals surface area contributed by atoms with Crippen LogP contribution in [0, 0.1) is 0 Å². The van der Waals surface area contributed by atoms with Gasteiger partial charge in [-0.3, -0.25) is 0 Å². The van der Waals surface area contributed by atoms with Crippen molar-refractivity contribution < 1.29 is 35.5 Å². The van der Waals surface area contributed by atoms with E-state index in [2.05, 4.69) is 0 Å². The molecule has 0 N–H and O–H groups in total. The summed E-state index contributed by atoms with van der Waals surface area (Å²) in [5.41, 5.74) is 0.0528. The maximum atomic E-state index is 12.7. The van der Waals surface area contributed by atoms with Crippen LogP contribution in [0.4, 0.5) is 0 Å². The Morgan fingerprint density at radius 2 is 1.80 bits per heavy atom. The van der Waals surface area contributed by atoms with E-state index in [1.807, 2.05) is 0 Å². The number of ether oxygens (including phenoxy) is 2. The zero-order valence-electron chi connectivity index (χ0n) is 16.5. The third-order valence-corrected chi connectivity index (χ3v) is 7.98. The minimum Gasteiger partial charge on any atom is -0.454 e. The first-order chi connectivity index (χ1) is 14.1. The van der Waals surface area contributed by atoms with E-state index in [0.29, 0.717) is 13.2 Å². The normalized spacial score (nSPS) is 16.0. The number of esters is 1. The number of furan rings is 1. The van der Waals surface area contributed by atoms with Gasteiger partial charge in [0, 0.05) is 27.2 Å². The Morgan fingerprint density at radius 3 is 2.47 bits per heavy atom. The van der Waals surface area contributed by atoms with Crippen molar-refractivity contribution in [3.8, 4) is 0 Å². The molecule has 164 valence electrons. The lowest BCUT2D eigenvalue weighted by molar-refractivity contribution is 0.0440. The lowest BCUT2D eigenvalue weighted by atomic mass is 10.2. The third-order valence-electron chi connectivity index (χ3n) is 4.40. The number of benzene rings is 1. The van der Waals surface area contributed by atoms with Gasteiger partial charge in [0.15, 0.2) is 0 Å². The molecule has 1 aliphatic heterocycles. The van der Waals surface area contributed by atoms with E-state index >= 15 is 0 Å². The Balaban J connectivity index is 1.70. The van der Waals surface area contributed by atoms with E-state index < -0.39 is 26.0 Å². The second-order valence-electron chi connectivity index (χ2n) is 6.63. The fraction of sp³-hybridized carbons (Fsp3) is 0.389. The Labute approximate surface area is 175 Å². The van der Waals surface area contributed by atoms with Gasteiger partial charge in [0.1, 0.15) is 12.4 Å². The molecular weight excluding hydrogens is 436 g/mol. The number of sulfonamides is 2. The van der Waals surface area contributed by atoms with Crippen molar-refractivity contribution in [2.75, 3.05) is 40.4 Å². The van der Waals surface area contributed by atoms with Gasteiger partial charge in [-0.2, -0.15) is 4.31 Å². The number of morpholine rings is 1. The molecule has 1 saturated heterocycles. The summed E-state index contributed by atoms with van der Waals surface area (Å²) in [6.07, 6.45) is 0. The van der Waals surface area contributed by atoms with Crippen LogP contribution < -0.4 is 0 Å². The Bertz CT molecular complexity index is 1120. The highest BCUT2D eigenvalue weighted by atomic mass is 32.2. The maximum absolute atomic E-state index is 12.7. The molecule has 30 heavy (non-hydrogen) atoms. The van der Waals surface area contributed by atoms with Gasteiger partial charge in [-0.05, 0) is 30.3 Å². The summed E-state index contributed by atoms with van der Waals surface area (Å²) in [5, 5.41) is -0.267. The fourth-order valence-electron chi connectivity index (χ4n) is 2.69. The van der Waals surface area contributed by atoms with Crippen LogP contribution in [0.1, 0.15) is 16.1 Å². The van der Waals surface area contributed by atoms with Crippen molar-refractivity contribution in [2.45, 2.75) is 16.6 Å². The van der Waals surface area contributed by atoms with Crippen molar-refractivity contribution in [2.24, 2.45) is 0 Å². The molecule has 1 fully saturated rings. The first kappa shape index (κ1) is 22.4. The Kier molecular flexibility index (Phi) is 6.62. The quantitative estimate of drug-likeness (QED) is 0.561. The van der Waals surface area contributed by atoms with Crippen molar-refractivity contribution in [3.63, 3.8) is 0 Å². The SMILES string of the molecule is CN(C)S(=O)(=O)c1ccc(COC(=O)c2cccc(S(=O)(=O)N3CCOCC3)c2)o1. The largest absolute Gasteiger partial charge is 0.454 e. The van der Waals surface area contributed by atoms with Crippen LogP contribution in [0.2, 0.25) is 0 Å². The number of carbonyl (C=O) groups is 1. The fourth-order valence-corrected chi connectivity index (χ4v) is 4.96. The van der Waals surface area contributed by atoms with Gasteiger partial charge in [0.05, 0.1) is 23.7 Å². The molecule has 2 aromatic rings. The monoisotopic (exact) mass is 458 g/mol. The van der Waals surface area contributed by atoms with Crippen LogP contribution in [0.5, 0.6) is 0 Å². The zero-order chi connectivity index (χ0) is 21.9. The molecule has 3 rings (SSSR count). The van der Waals surface area contributed by atoms with E-state index in [0.717, 1.165) is 4.31 Å². The Hall–Kier alpha value is -2.25. The average Bonchev–Trinajstić information content (AvgIpc) is 3.22. The topological polar surface area (TPSA) is 123 Å². The van der Waals surface area contributed by atoms with E-state index in [-0.39, 0.29) is 41.0 Å². The highest BCUT2D eigenvalue weighted by Crippen LogP contribution is 2.20. The standard InChI is InChI=1S/C18H22N2O8S2/c1-19(2)30(24,25)17-7-6-15(28-17)13-27-18(21)14-4-3-5-16(12-14)29(22,23)20-8-10-26-11-9-20/h3-7,12H,8-11,13H2,1-2H3. The van der Waals surface area contributed by atoms with Gasteiger partial charge < -0.3 is 13.9 Å². The van der Waals surface area contributed by atoms with Crippen molar-refractivity contribution in [1.29, 1.82) is 0 Å². The first-order valence-corrected chi connectivity index (χ1v) is 11.9. The highest BCUT2D eigenvalue weighted by molar-refractivity contribution is 7.89. The minimum absolute atomic E-state index is 0.0174. The summed E-state index contributed by atoms with van der Waals surface area (Å²) in [7, 11) is -4.74. The van der Waals surface area contributed by atoms with Gasteiger partial charge >= 0.3 is 5.97 Å². The van der Waals surface area contributed by atoms with E-state index in [1.165, 1.54) is 54.8 Å². The van der Waals surface area contributed by atoms with Gasteiger partial charge in [-0.25, -0.2) is 25.9 Å². The lowest BCUT2D eigenvalue weighted by Crippen LogP contribution is -2.40. The number of rotatable bonds is 7. The van der Waals surface area contributed by atoms with Crippen molar-refractivity contribution >= 4 is 26.0 Å². The molecule has 0 radical (unpaired) electrons. The summed E-state index contributed by atoms with van der Waals surface area (Å²) >= 11 is 0. The summed E-state index contributed by atoms with van der Waals surface area (Å²) in [6.45, 7) is 0.814. The molecule has 0 bridgehead atoms. The smallest absolute Gasteiger partial charge is 0.338 e. The van der Waals surface area contributed by atoms with Crippen LogP contribution in [0.15, 0.2) is 50.8 Å². The predicted molar refractivity (Wildman–Crippen MR) is 105 cm³/mol. The van der Waals surface area contributed by atoms with Crippen molar-refractivity contribution in [3.05, 3.63) is 47.7 Å². The molecule has 0 spiro atoms. The number of hydrogen-bond donors (Lipinski definition) is 0. The summed E-state index contributed by atoms with van der Waals surface area (Å²) in [6, 6.07) is 8.21. The van der Waals surface area contributed by atoms with Gasteiger partial charge in [0.25, 0.3) is 10.0 Å². The van der Waals surface area contributed by atoms with E-state index in [4.69, 9.17) is 13.9 Å². The average molecular weight is 459 g/mol. The predicted octanol–water partition coefficient (Wildman–Crippen LogP) is 0.908. The second-order valence-corrected chi connectivity index (χ2v) is 10.6. The first-order valence-electron chi connectivity index (χ1n) is 8.99. The van der Waals surface area contributed by atoms with Crippen LogP contribution in [0.3, 0.4) is 0 Å². The lowest BCUT2D eigenvalue weighted by Gasteiger charge is -2.26. The molecule has 0 aliphatic carbocycles.